The Hall–Kier alpha value is -3.27. The maximum absolute atomic E-state index is 14.0. The lowest BCUT2D eigenvalue weighted by molar-refractivity contribution is -0.152. The minimum Gasteiger partial charge on any atom is -0.497 e. The average Bonchev–Trinajstić information content (AvgIpc) is 2.93. The minimum absolute atomic E-state index is 0.0198. The fourth-order valence-electron chi connectivity index (χ4n) is 4.40. The molecule has 1 saturated heterocycles. The van der Waals surface area contributed by atoms with Gasteiger partial charge in [-0.3, -0.25) is 9.78 Å². The van der Waals surface area contributed by atoms with Crippen LogP contribution in [-0.4, -0.2) is 49.9 Å². The number of carbonyl (C=O) groups excluding carboxylic acids is 1. The average molecular weight is 510 g/mol. The Morgan fingerprint density at radius 3 is 2.31 bits per heavy atom. The van der Waals surface area contributed by atoms with Crippen molar-refractivity contribution in [3.63, 3.8) is 0 Å². The predicted octanol–water partition coefficient (Wildman–Crippen LogP) is 3.39. The lowest BCUT2D eigenvalue weighted by Gasteiger charge is -2.36. The zero-order valence-electron chi connectivity index (χ0n) is 20.2. The minimum atomic E-state index is -4.06. The molecule has 0 saturated carbocycles. The number of pyridine rings is 1. The molecule has 1 atom stereocenters. The first-order valence-electron chi connectivity index (χ1n) is 11.9. The van der Waals surface area contributed by atoms with Crippen molar-refractivity contribution in [3.8, 4) is 5.75 Å². The molecule has 36 heavy (non-hydrogen) atoms. The summed E-state index contributed by atoms with van der Waals surface area (Å²) in [6.07, 6.45) is 4.55. The summed E-state index contributed by atoms with van der Waals surface area (Å²) < 4.78 is 40.3. The van der Waals surface area contributed by atoms with Crippen molar-refractivity contribution in [2.75, 3.05) is 20.2 Å². The molecular formula is C27H31N3O5S. The van der Waals surface area contributed by atoms with Gasteiger partial charge in [0.1, 0.15) is 18.4 Å². The number of rotatable bonds is 10. The van der Waals surface area contributed by atoms with E-state index in [-0.39, 0.29) is 24.0 Å². The number of nitrogens with zero attached hydrogens (tertiary/aromatic N) is 2. The molecule has 0 aliphatic carbocycles. The fourth-order valence-corrected chi connectivity index (χ4v) is 6.03. The van der Waals surface area contributed by atoms with E-state index in [2.05, 4.69) is 10.3 Å². The summed E-state index contributed by atoms with van der Waals surface area (Å²) in [7, 11) is -2.54. The molecule has 0 radical (unpaired) electrons. The van der Waals surface area contributed by atoms with Crippen LogP contribution in [0.1, 0.15) is 24.0 Å². The monoisotopic (exact) mass is 509 g/mol. The van der Waals surface area contributed by atoms with E-state index in [4.69, 9.17) is 9.47 Å². The van der Waals surface area contributed by atoms with Crippen LogP contribution in [0.5, 0.6) is 5.75 Å². The molecule has 0 unspecified atom stereocenters. The Morgan fingerprint density at radius 1 is 1.00 bits per heavy atom. The molecule has 1 N–H and O–H groups in total. The van der Waals surface area contributed by atoms with Crippen LogP contribution in [0, 0.1) is 5.92 Å². The normalized spacial score (nSPS) is 15.4. The molecule has 0 bridgehead atoms. The Labute approximate surface area is 212 Å². The second-order valence-electron chi connectivity index (χ2n) is 8.71. The molecular weight excluding hydrogens is 478 g/mol. The number of benzene rings is 2. The zero-order chi connectivity index (χ0) is 25.4. The molecule has 2 heterocycles. The Bertz CT molecular complexity index is 1220. The highest BCUT2D eigenvalue weighted by Crippen LogP contribution is 2.30. The number of ether oxygens (including phenoxy) is 2. The van der Waals surface area contributed by atoms with Crippen molar-refractivity contribution in [2.45, 2.75) is 36.9 Å². The predicted molar refractivity (Wildman–Crippen MR) is 136 cm³/mol. The van der Waals surface area contributed by atoms with Gasteiger partial charge in [0.2, 0.25) is 10.0 Å². The molecule has 1 aliphatic rings. The Balaban J connectivity index is 1.72. The summed E-state index contributed by atoms with van der Waals surface area (Å²) in [6, 6.07) is 18.1. The molecule has 0 spiro atoms. The largest absolute Gasteiger partial charge is 0.497 e. The number of hydrogen-bond donors (Lipinski definition) is 1. The van der Waals surface area contributed by atoms with Crippen LogP contribution in [0.25, 0.3) is 0 Å². The number of sulfonamides is 1. The van der Waals surface area contributed by atoms with Crippen molar-refractivity contribution >= 4 is 16.0 Å². The van der Waals surface area contributed by atoms with Gasteiger partial charge in [-0.05, 0) is 79.4 Å². The second-order valence-corrected chi connectivity index (χ2v) is 10.6. The van der Waals surface area contributed by atoms with E-state index in [0.29, 0.717) is 31.7 Å². The van der Waals surface area contributed by atoms with Crippen LogP contribution < -0.4 is 10.1 Å². The highest BCUT2D eigenvalue weighted by atomic mass is 32.2. The van der Waals surface area contributed by atoms with Gasteiger partial charge in [-0.15, -0.1) is 0 Å². The van der Waals surface area contributed by atoms with Gasteiger partial charge in [0.15, 0.2) is 0 Å². The number of hydrogen-bond acceptors (Lipinski definition) is 7. The smallest absolute Gasteiger partial charge is 0.325 e. The van der Waals surface area contributed by atoms with Crippen LogP contribution in [0.4, 0.5) is 0 Å². The molecule has 0 amide bonds. The molecule has 9 heteroatoms. The van der Waals surface area contributed by atoms with Gasteiger partial charge >= 0.3 is 5.97 Å². The van der Waals surface area contributed by atoms with E-state index in [1.807, 2.05) is 30.3 Å². The van der Waals surface area contributed by atoms with Crippen molar-refractivity contribution in [1.82, 2.24) is 14.6 Å². The van der Waals surface area contributed by atoms with Gasteiger partial charge in [0.25, 0.3) is 0 Å². The van der Waals surface area contributed by atoms with Gasteiger partial charge in [0.05, 0.1) is 12.0 Å². The quantitative estimate of drug-likeness (QED) is 0.419. The van der Waals surface area contributed by atoms with Crippen LogP contribution >= 0.6 is 0 Å². The molecule has 1 aromatic heterocycles. The number of methoxy groups -OCH3 is 1. The Kier molecular flexibility index (Phi) is 8.69. The summed E-state index contributed by atoms with van der Waals surface area (Å²) in [5, 5.41) is 3.30. The van der Waals surface area contributed by atoms with E-state index in [0.717, 1.165) is 11.1 Å². The summed E-state index contributed by atoms with van der Waals surface area (Å²) in [5.74, 6) is -0.187. The maximum atomic E-state index is 14.0. The summed E-state index contributed by atoms with van der Waals surface area (Å²) in [5.41, 5.74) is 1.57. The van der Waals surface area contributed by atoms with E-state index < -0.39 is 22.0 Å². The SMILES string of the molecule is COc1ccc(S(=O)(=O)N(Cc2ccncc2)[C@@H](C(=O)OCc2ccccc2)C2CCNCC2)cc1. The molecule has 4 rings (SSSR count). The van der Waals surface area contributed by atoms with Gasteiger partial charge in [0, 0.05) is 18.9 Å². The third kappa shape index (κ3) is 6.29. The molecule has 1 aliphatic heterocycles. The Morgan fingerprint density at radius 2 is 1.67 bits per heavy atom. The first kappa shape index (κ1) is 25.8. The third-order valence-corrected chi connectivity index (χ3v) is 8.20. The van der Waals surface area contributed by atoms with Crippen molar-refractivity contribution in [1.29, 1.82) is 0 Å². The number of esters is 1. The van der Waals surface area contributed by atoms with E-state index in [1.54, 1.807) is 36.7 Å². The van der Waals surface area contributed by atoms with Crippen LogP contribution in [0.2, 0.25) is 0 Å². The van der Waals surface area contributed by atoms with Crippen LogP contribution in [-0.2, 0) is 32.7 Å². The topological polar surface area (TPSA) is 97.8 Å². The maximum Gasteiger partial charge on any atom is 0.325 e. The van der Waals surface area contributed by atoms with Crippen molar-refractivity contribution in [2.24, 2.45) is 5.92 Å². The van der Waals surface area contributed by atoms with E-state index in [1.165, 1.54) is 23.5 Å². The molecule has 1 fully saturated rings. The van der Waals surface area contributed by atoms with Crippen LogP contribution in [0.3, 0.4) is 0 Å². The third-order valence-electron chi connectivity index (χ3n) is 6.36. The van der Waals surface area contributed by atoms with Crippen molar-refractivity contribution < 1.29 is 22.7 Å². The van der Waals surface area contributed by atoms with Crippen LogP contribution in [0.15, 0.2) is 84.0 Å². The summed E-state index contributed by atoms with van der Waals surface area (Å²) >= 11 is 0. The first-order chi connectivity index (χ1) is 17.5. The van der Waals surface area contributed by atoms with E-state index in [9.17, 15) is 13.2 Å². The number of nitrogens with one attached hydrogen (secondary N) is 1. The molecule has 190 valence electrons. The molecule has 8 nitrogen and oxygen atoms in total. The lowest BCUT2D eigenvalue weighted by atomic mass is 9.90. The standard InChI is InChI=1S/C27H31N3O5S/c1-34-24-7-9-25(10-8-24)36(32,33)30(19-21-11-15-28-16-12-21)26(23-13-17-29-18-14-23)27(31)35-20-22-5-3-2-4-6-22/h2-12,15-16,23,26,29H,13-14,17-20H2,1H3/t26-/m1/s1. The van der Waals surface area contributed by atoms with Gasteiger partial charge in [-0.2, -0.15) is 4.31 Å². The highest BCUT2D eigenvalue weighted by Gasteiger charge is 2.42. The lowest BCUT2D eigenvalue weighted by Crippen LogP contribution is -2.51. The van der Waals surface area contributed by atoms with Gasteiger partial charge in [-0.25, -0.2) is 8.42 Å². The van der Waals surface area contributed by atoms with E-state index >= 15 is 0 Å². The highest BCUT2D eigenvalue weighted by molar-refractivity contribution is 7.89. The fraction of sp³-hybridized carbons (Fsp3) is 0.333. The number of piperidine rings is 1. The van der Waals surface area contributed by atoms with Gasteiger partial charge in [-0.1, -0.05) is 30.3 Å². The first-order valence-corrected chi connectivity index (χ1v) is 13.4. The second kappa shape index (κ2) is 12.1. The number of carbonyl (C=O) groups is 1. The molecule has 2 aromatic carbocycles. The van der Waals surface area contributed by atoms with Gasteiger partial charge < -0.3 is 14.8 Å². The summed E-state index contributed by atoms with van der Waals surface area (Å²) in [6.45, 7) is 1.51. The zero-order valence-corrected chi connectivity index (χ0v) is 21.1. The molecule has 3 aromatic rings. The summed E-state index contributed by atoms with van der Waals surface area (Å²) in [4.78, 5) is 17.8. The number of aromatic nitrogens is 1. The van der Waals surface area contributed by atoms with Crippen molar-refractivity contribution in [3.05, 3.63) is 90.3 Å².